The van der Waals surface area contributed by atoms with Gasteiger partial charge in [-0.05, 0) is 36.6 Å². The molecule has 3 aromatic rings. The molecular weight excluding hydrogens is 442 g/mol. The molecule has 6 rings (SSSR count). The van der Waals surface area contributed by atoms with Crippen molar-refractivity contribution in [3.63, 3.8) is 0 Å². The third-order valence-electron chi connectivity index (χ3n) is 6.67. The Morgan fingerprint density at radius 3 is 2.76 bits per heavy atom. The third-order valence-corrected chi connectivity index (χ3v) is 6.67. The van der Waals surface area contributed by atoms with Gasteiger partial charge in [-0.15, -0.1) is 10.2 Å². The number of hydrogen-bond acceptors (Lipinski definition) is 7. The van der Waals surface area contributed by atoms with E-state index in [1.165, 1.54) is 0 Å². The first kappa shape index (κ1) is 20.9. The summed E-state index contributed by atoms with van der Waals surface area (Å²) in [5.41, 5.74) is 4.13. The summed E-state index contributed by atoms with van der Waals surface area (Å²) in [5.74, 6) is -1.55. The van der Waals surface area contributed by atoms with Crippen LogP contribution in [0.15, 0.2) is 30.6 Å². The minimum absolute atomic E-state index is 0.0971. The molecule has 3 aliphatic rings. The lowest BCUT2D eigenvalue weighted by atomic mass is 10.0. The van der Waals surface area contributed by atoms with Gasteiger partial charge in [-0.3, -0.25) is 9.78 Å². The standard InChI is InChI=1S/C23H24F2N8O/c1-15-9-19(22(34)31-13-23(24,25)14-31)28-29-21(15)30-8-4-18-16(12-30)10-17(11-26-18)32-6-2-7-33-20(32)3-5-27-33/h3,5,9-11H,2,4,6-8,12-14H2,1H3. The van der Waals surface area contributed by atoms with Crippen molar-refractivity contribution in [2.75, 3.05) is 36.0 Å². The van der Waals surface area contributed by atoms with Crippen LogP contribution >= 0.6 is 0 Å². The maximum Gasteiger partial charge on any atom is 0.282 e. The molecule has 34 heavy (non-hydrogen) atoms. The predicted molar refractivity (Wildman–Crippen MR) is 120 cm³/mol. The summed E-state index contributed by atoms with van der Waals surface area (Å²) >= 11 is 0. The zero-order valence-electron chi connectivity index (χ0n) is 18.8. The maximum absolute atomic E-state index is 13.1. The Morgan fingerprint density at radius 1 is 1.12 bits per heavy atom. The predicted octanol–water partition coefficient (Wildman–Crippen LogP) is 2.57. The molecule has 1 fully saturated rings. The van der Waals surface area contributed by atoms with Gasteiger partial charge < -0.3 is 14.7 Å². The molecule has 0 N–H and O–H groups in total. The number of carbonyl (C=O) groups is 1. The number of aryl methyl sites for hydroxylation is 2. The van der Waals surface area contributed by atoms with E-state index in [0.29, 0.717) is 12.4 Å². The van der Waals surface area contributed by atoms with Crippen LogP contribution < -0.4 is 9.80 Å². The topological polar surface area (TPSA) is 83.3 Å². The van der Waals surface area contributed by atoms with Crippen LogP contribution in [0.5, 0.6) is 0 Å². The lowest BCUT2D eigenvalue weighted by molar-refractivity contribution is -0.113. The molecule has 0 aliphatic carbocycles. The average Bonchev–Trinajstić information content (AvgIpc) is 3.30. The molecule has 0 spiro atoms. The smallest absolute Gasteiger partial charge is 0.282 e. The molecule has 11 heteroatoms. The van der Waals surface area contributed by atoms with Crippen LogP contribution in [0.2, 0.25) is 0 Å². The van der Waals surface area contributed by atoms with Crippen LogP contribution in [0.4, 0.5) is 26.1 Å². The van der Waals surface area contributed by atoms with Gasteiger partial charge in [0.05, 0.1) is 31.2 Å². The van der Waals surface area contributed by atoms with Crippen molar-refractivity contribution in [2.45, 2.75) is 38.8 Å². The summed E-state index contributed by atoms with van der Waals surface area (Å²) in [6.45, 7) is 3.93. The number of anilines is 3. The van der Waals surface area contributed by atoms with Crippen LogP contribution in [0.3, 0.4) is 0 Å². The van der Waals surface area contributed by atoms with Crippen LogP contribution in [-0.4, -0.2) is 67.9 Å². The van der Waals surface area contributed by atoms with Gasteiger partial charge in [-0.25, -0.2) is 13.5 Å². The molecule has 0 radical (unpaired) electrons. The minimum atomic E-state index is -2.81. The van der Waals surface area contributed by atoms with Crippen LogP contribution in [0, 0.1) is 6.92 Å². The number of aromatic nitrogens is 5. The molecule has 3 aliphatic heterocycles. The highest BCUT2D eigenvalue weighted by atomic mass is 19.3. The fraction of sp³-hybridized carbons (Fsp3) is 0.435. The molecule has 3 aromatic heterocycles. The number of fused-ring (bicyclic) bond motifs is 2. The number of rotatable bonds is 3. The van der Waals surface area contributed by atoms with Gasteiger partial charge in [0.1, 0.15) is 5.82 Å². The number of hydrogen-bond donors (Lipinski definition) is 0. The van der Waals surface area contributed by atoms with Crippen molar-refractivity contribution >= 4 is 23.2 Å². The number of pyridine rings is 1. The molecule has 0 bridgehead atoms. The summed E-state index contributed by atoms with van der Waals surface area (Å²) in [5, 5.41) is 12.8. The van der Waals surface area contributed by atoms with Gasteiger partial charge >= 0.3 is 0 Å². The number of nitrogens with zero attached hydrogens (tertiary/aromatic N) is 8. The first-order valence-corrected chi connectivity index (χ1v) is 11.4. The lowest BCUT2D eigenvalue weighted by Crippen LogP contribution is -2.58. The highest BCUT2D eigenvalue weighted by molar-refractivity contribution is 5.93. The number of amides is 1. The first-order valence-electron chi connectivity index (χ1n) is 11.4. The van der Waals surface area contributed by atoms with Gasteiger partial charge in [-0.1, -0.05) is 0 Å². The summed E-state index contributed by atoms with van der Waals surface area (Å²) in [4.78, 5) is 22.6. The first-order chi connectivity index (χ1) is 16.4. The number of likely N-dealkylation sites (tertiary alicyclic amines) is 1. The average molecular weight is 466 g/mol. The van der Waals surface area contributed by atoms with Crippen molar-refractivity contribution in [2.24, 2.45) is 0 Å². The molecule has 1 saturated heterocycles. The SMILES string of the molecule is Cc1cc(C(=O)N2CC(F)(F)C2)nnc1N1CCc2ncc(N3CCCn4nccc43)cc2C1. The Labute approximate surface area is 195 Å². The van der Waals surface area contributed by atoms with E-state index in [0.717, 1.165) is 65.7 Å². The minimum Gasteiger partial charge on any atom is -0.350 e. The second-order valence-corrected chi connectivity index (χ2v) is 9.14. The fourth-order valence-electron chi connectivity index (χ4n) is 4.94. The summed E-state index contributed by atoms with van der Waals surface area (Å²) in [7, 11) is 0. The molecular formula is C23H24F2N8O. The fourth-order valence-corrected chi connectivity index (χ4v) is 4.94. The Bertz CT molecular complexity index is 1270. The van der Waals surface area contributed by atoms with Crippen LogP contribution in [0.1, 0.15) is 33.7 Å². The van der Waals surface area contributed by atoms with Crippen LogP contribution in [-0.2, 0) is 19.5 Å². The molecule has 6 heterocycles. The van der Waals surface area contributed by atoms with Crippen molar-refractivity contribution < 1.29 is 13.6 Å². The molecule has 176 valence electrons. The van der Waals surface area contributed by atoms with Crippen molar-refractivity contribution in [3.8, 4) is 0 Å². The van der Waals surface area contributed by atoms with E-state index in [9.17, 15) is 13.6 Å². The van der Waals surface area contributed by atoms with E-state index in [1.54, 1.807) is 6.07 Å². The van der Waals surface area contributed by atoms with Crippen molar-refractivity contribution in [3.05, 3.63) is 53.1 Å². The van der Waals surface area contributed by atoms with Gasteiger partial charge in [0.2, 0.25) is 0 Å². The van der Waals surface area contributed by atoms with Gasteiger partial charge in [0.25, 0.3) is 11.8 Å². The number of halogens is 2. The van der Waals surface area contributed by atoms with E-state index in [4.69, 9.17) is 4.98 Å². The Morgan fingerprint density at radius 2 is 1.97 bits per heavy atom. The zero-order valence-corrected chi connectivity index (χ0v) is 18.8. The molecule has 0 saturated carbocycles. The normalized spacial score (nSPS) is 18.9. The quantitative estimate of drug-likeness (QED) is 0.587. The second-order valence-electron chi connectivity index (χ2n) is 9.14. The lowest BCUT2D eigenvalue weighted by Gasteiger charge is -2.38. The summed E-state index contributed by atoms with van der Waals surface area (Å²) < 4.78 is 28.3. The largest absolute Gasteiger partial charge is 0.350 e. The molecule has 1 amide bonds. The Balaban J connectivity index is 1.22. The van der Waals surface area contributed by atoms with E-state index in [2.05, 4.69) is 31.2 Å². The van der Waals surface area contributed by atoms with Crippen molar-refractivity contribution in [1.82, 2.24) is 29.9 Å². The van der Waals surface area contributed by atoms with E-state index < -0.39 is 24.9 Å². The number of alkyl halides is 2. The van der Waals surface area contributed by atoms with Crippen molar-refractivity contribution in [1.29, 1.82) is 0 Å². The maximum atomic E-state index is 13.1. The molecule has 9 nitrogen and oxygen atoms in total. The Kier molecular flexibility index (Phi) is 4.75. The van der Waals surface area contributed by atoms with E-state index in [1.807, 2.05) is 30.1 Å². The monoisotopic (exact) mass is 466 g/mol. The highest BCUT2D eigenvalue weighted by Gasteiger charge is 2.46. The Hall–Kier alpha value is -3.63. The summed E-state index contributed by atoms with van der Waals surface area (Å²) in [6, 6.07) is 5.84. The molecule has 0 aromatic carbocycles. The summed E-state index contributed by atoms with van der Waals surface area (Å²) in [6.07, 6.45) is 5.55. The van der Waals surface area contributed by atoms with Crippen LogP contribution in [0.25, 0.3) is 0 Å². The van der Waals surface area contributed by atoms with Gasteiger partial charge in [0.15, 0.2) is 11.5 Å². The van der Waals surface area contributed by atoms with E-state index >= 15 is 0 Å². The molecule has 0 atom stereocenters. The highest BCUT2D eigenvalue weighted by Crippen LogP contribution is 2.32. The van der Waals surface area contributed by atoms with Gasteiger partial charge in [0, 0.05) is 44.4 Å². The molecule has 0 unspecified atom stereocenters. The van der Waals surface area contributed by atoms with E-state index in [-0.39, 0.29) is 5.69 Å². The zero-order chi connectivity index (χ0) is 23.4. The second kappa shape index (κ2) is 7.71. The number of carbonyl (C=O) groups excluding carboxylic acids is 1. The van der Waals surface area contributed by atoms with Gasteiger partial charge in [-0.2, -0.15) is 5.10 Å². The third kappa shape index (κ3) is 3.55.